The summed E-state index contributed by atoms with van der Waals surface area (Å²) in [5, 5.41) is 0. The molecule has 0 radical (unpaired) electrons. The van der Waals surface area contributed by atoms with Gasteiger partial charge in [-0.15, -0.1) is 0 Å². The lowest BCUT2D eigenvalue weighted by Crippen LogP contribution is -2.50. The predicted molar refractivity (Wildman–Crippen MR) is 79.6 cm³/mol. The first-order chi connectivity index (χ1) is 9.89. The summed E-state index contributed by atoms with van der Waals surface area (Å²) in [6.07, 6.45) is 2.15. The van der Waals surface area contributed by atoms with E-state index in [4.69, 9.17) is 4.74 Å². The Hall–Kier alpha value is -2.11. The smallest absolute Gasteiger partial charge is 0.410 e. The number of pyridine rings is 1. The lowest BCUT2D eigenvalue weighted by molar-refractivity contribution is 0.0240. The van der Waals surface area contributed by atoms with Crippen LogP contribution in [0.2, 0.25) is 0 Å². The van der Waals surface area contributed by atoms with Crippen LogP contribution in [0.3, 0.4) is 0 Å². The summed E-state index contributed by atoms with van der Waals surface area (Å²) < 4.78 is 5.36. The molecule has 0 bridgehead atoms. The molecule has 2 heterocycles. The van der Waals surface area contributed by atoms with Gasteiger partial charge in [-0.05, 0) is 32.9 Å². The molecule has 1 amide bonds. The van der Waals surface area contributed by atoms with E-state index >= 15 is 0 Å². The zero-order valence-corrected chi connectivity index (χ0v) is 12.7. The molecule has 21 heavy (non-hydrogen) atoms. The number of piperazine rings is 1. The number of nitrogens with zero attached hydrogens (tertiary/aromatic N) is 3. The highest BCUT2D eigenvalue weighted by Crippen LogP contribution is 2.16. The van der Waals surface area contributed by atoms with Gasteiger partial charge in [0.1, 0.15) is 17.7 Å². The predicted octanol–water partition coefficient (Wildman–Crippen LogP) is 1.95. The van der Waals surface area contributed by atoms with E-state index in [-0.39, 0.29) is 6.09 Å². The van der Waals surface area contributed by atoms with Crippen LogP contribution < -0.4 is 4.90 Å². The van der Waals surface area contributed by atoms with Crippen molar-refractivity contribution >= 4 is 18.2 Å². The molecule has 0 N–H and O–H groups in total. The highest BCUT2D eigenvalue weighted by molar-refractivity contribution is 5.76. The Morgan fingerprint density at radius 3 is 2.52 bits per heavy atom. The second-order valence-corrected chi connectivity index (χ2v) is 6.02. The number of aromatic nitrogens is 1. The minimum absolute atomic E-state index is 0.281. The Morgan fingerprint density at radius 2 is 1.95 bits per heavy atom. The lowest BCUT2D eigenvalue weighted by Gasteiger charge is -2.36. The van der Waals surface area contributed by atoms with E-state index in [0.29, 0.717) is 31.7 Å². The number of amides is 1. The maximum absolute atomic E-state index is 12.0. The zero-order chi connectivity index (χ0) is 15.5. The van der Waals surface area contributed by atoms with Crippen LogP contribution in [-0.2, 0) is 4.74 Å². The molecule has 2 rings (SSSR count). The first kappa shape index (κ1) is 15.3. The van der Waals surface area contributed by atoms with Crippen molar-refractivity contribution < 1.29 is 14.3 Å². The minimum atomic E-state index is -0.478. The van der Waals surface area contributed by atoms with E-state index in [1.54, 1.807) is 23.2 Å². The molecular weight excluding hydrogens is 270 g/mol. The molecule has 0 unspecified atom stereocenters. The molecule has 0 atom stereocenters. The van der Waals surface area contributed by atoms with Gasteiger partial charge in [0.15, 0.2) is 0 Å². The fourth-order valence-electron chi connectivity index (χ4n) is 2.12. The van der Waals surface area contributed by atoms with Gasteiger partial charge >= 0.3 is 6.09 Å². The number of hydrogen-bond donors (Lipinski definition) is 0. The second kappa shape index (κ2) is 6.11. The van der Waals surface area contributed by atoms with Gasteiger partial charge in [-0.3, -0.25) is 4.79 Å². The standard InChI is InChI=1S/C15H21N3O3/c1-15(2,3)21-14(20)18-8-6-17(7-9-18)13-10-12(11-19)4-5-16-13/h4-5,10-11H,6-9H2,1-3H3. The van der Waals surface area contributed by atoms with Crippen molar-refractivity contribution in [2.75, 3.05) is 31.1 Å². The molecule has 0 aromatic carbocycles. The number of carbonyl (C=O) groups excluding carboxylic acids is 2. The normalized spacial score (nSPS) is 15.8. The maximum Gasteiger partial charge on any atom is 0.410 e. The Labute approximate surface area is 124 Å². The molecule has 0 saturated carbocycles. The third-order valence-electron chi connectivity index (χ3n) is 3.16. The summed E-state index contributed by atoms with van der Waals surface area (Å²) in [7, 11) is 0. The van der Waals surface area contributed by atoms with Crippen LogP contribution in [0.5, 0.6) is 0 Å². The van der Waals surface area contributed by atoms with Crippen LogP contribution >= 0.6 is 0 Å². The largest absolute Gasteiger partial charge is 0.444 e. The Kier molecular flexibility index (Phi) is 4.45. The molecular formula is C15H21N3O3. The molecule has 1 fully saturated rings. The molecule has 6 heteroatoms. The highest BCUT2D eigenvalue weighted by atomic mass is 16.6. The molecule has 6 nitrogen and oxygen atoms in total. The Balaban J connectivity index is 1.93. The van der Waals surface area contributed by atoms with Crippen molar-refractivity contribution in [2.24, 2.45) is 0 Å². The number of ether oxygens (including phenoxy) is 1. The quantitative estimate of drug-likeness (QED) is 0.779. The van der Waals surface area contributed by atoms with Gasteiger partial charge in [0.05, 0.1) is 0 Å². The molecule has 1 aliphatic rings. The first-order valence-corrected chi connectivity index (χ1v) is 7.03. The summed E-state index contributed by atoms with van der Waals surface area (Å²) in [6.45, 7) is 8.09. The Morgan fingerprint density at radius 1 is 1.29 bits per heavy atom. The fraction of sp³-hybridized carbons (Fsp3) is 0.533. The van der Waals surface area contributed by atoms with E-state index in [1.165, 1.54) is 0 Å². The van der Waals surface area contributed by atoms with Crippen molar-refractivity contribution in [2.45, 2.75) is 26.4 Å². The summed E-state index contributed by atoms with van der Waals surface area (Å²) in [5.41, 5.74) is 0.128. The van der Waals surface area contributed by atoms with E-state index in [1.807, 2.05) is 20.8 Å². The van der Waals surface area contributed by atoms with Crippen molar-refractivity contribution in [3.63, 3.8) is 0 Å². The van der Waals surface area contributed by atoms with Gasteiger partial charge in [0.2, 0.25) is 0 Å². The van der Waals surface area contributed by atoms with Crippen LogP contribution in [0.1, 0.15) is 31.1 Å². The number of anilines is 1. The third-order valence-corrected chi connectivity index (χ3v) is 3.16. The van der Waals surface area contributed by atoms with Gasteiger partial charge < -0.3 is 14.5 Å². The van der Waals surface area contributed by atoms with Crippen molar-refractivity contribution in [1.82, 2.24) is 9.88 Å². The summed E-state index contributed by atoms with van der Waals surface area (Å²) in [5.74, 6) is 0.767. The molecule has 1 aromatic heterocycles. The van der Waals surface area contributed by atoms with Crippen LogP contribution in [0.15, 0.2) is 18.3 Å². The van der Waals surface area contributed by atoms with Crippen LogP contribution in [0.25, 0.3) is 0 Å². The highest BCUT2D eigenvalue weighted by Gasteiger charge is 2.26. The van der Waals surface area contributed by atoms with E-state index in [0.717, 1.165) is 12.1 Å². The molecule has 1 saturated heterocycles. The summed E-state index contributed by atoms with van der Waals surface area (Å²) >= 11 is 0. The van der Waals surface area contributed by atoms with E-state index < -0.39 is 5.60 Å². The fourth-order valence-corrected chi connectivity index (χ4v) is 2.12. The van der Waals surface area contributed by atoms with E-state index in [9.17, 15) is 9.59 Å². The number of aldehydes is 1. The van der Waals surface area contributed by atoms with E-state index in [2.05, 4.69) is 9.88 Å². The lowest BCUT2D eigenvalue weighted by atomic mass is 10.2. The molecule has 0 spiro atoms. The van der Waals surface area contributed by atoms with Crippen molar-refractivity contribution in [1.29, 1.82) is 0 Å². The number of rotatable bonds is 2. The SMILES string of the molecule is CC(C)(C)OC(=O)N1CCN(c2cc(C=O)ccn2)CC1. The maximum atomic E-state index is 12.0. The summed E-state index contributed by atoms with van der Waals surface area (Å²) in [6, 6.07) is 3.43. The first-order valence-electron chi connectivity index (χ1n) is 7.03. The number of hydrogen-bond acceptors (Lipinski definition) is 5. The van der Waals surface area contributed by atoms with Crippen molar-refractivity contribution in [3.8, 4) is 0 Å². The van der Waals surface area contributed by atoms with Gasteiger partial charge in [0.25, 0.3) is 0 Å². The monoisotopic (exact) mass is 291 g/mol. The van der Waals surface area contributed by atoms with Gasteiger partial charge in [-0.2, -0.15) is 0 Å². The summed E-state index contributed by atoms with van der Waals surface area (Å²) in [4.78, 5) is 30.8. The molecule has 114 valence electrons. The third kappa shape index (κ3) is 4.18. The average Bonchev–Trinajstić information content (AvgIpc) is 2.46. The van der Waals surface area contributed by atoms with Crippen molar-refractivity contribution in [3.05, 3.63) is 23.9 Å². The molecule has 0 aliphatic carbocycles. The van der Waals surface area contributed by atoms with Crippen LogP contribution in [0, 0.1) is 0 Å². The zero-order valence-electron chi connectivity index (χ0n) is 12.7. The Bertz CT molecular complexity index is 517. The molecule has 1 aliphatic heterocycles. The van der Waals surface area contributed by atoms with Gasteiger partial charge in [-0.1, -0.05) is 0 Å². The second-order valence-electron chi connectivity index (χ2n) is 6.02. The van der Waals surface area contributed by atoms with Crippen LogP contribution in [0.4, 0.5) is 10.6 Å². The van der Waals surface area contributed by atoms with Gasteiger partial charge in [-0.25, -0.2) is 9.78 Å². The molecule has 1 aromatic rings. The topological polar surface area (TPSA) is 62.7 Å². The average molecular weight is 291 g/mol. The number of carbonyl (C=O) groups is 2. The minimum Gasteiger partial charge on any atom is -0.444 e. The van der Waals surface area contributed by atoms with Crippen LogP contribution in [-0.4, -0.2) is 54.0 Å². The van der Waals surface area contributed by atoms with Gasteiger partial charge in [0, 0.05) is 37.9 Å².